The molecule has 1 aromatic rings. The Morgan fingerprint density at radius 3 is 2.62 bits per heavy atom. The SMILES string of the molecule is Cl.O=C(Cc1cccc(C(F)(F)F)c1)NCCCN1CCNCC1. The van der Waals surface area contributed by atoms with Gasteiger partial charge in [-0.1, -0.05) is 18.2 Å². The average molecular weight is 366 g/mol. The van der Waals surface area contributed by atoms with Crippen LogP contribution in [0.5, 0.6) is 0 Å². The molecule has 24 heavy (non-hydrogen) atoms. The molecule has 2 rings (SSSR count). The van der Waals surface area contributed by atoms with Crippen LogP contribution >= 0.6 is 12.4 Å². The third-order valence-corrected chi connectivity index (χ3v) is 3.80. The van der Waals surface area contributed by atoms with Crippen molar-refractivity contribution in [1.29, 1.82) is 0 Å². The van der Waals surface area contributed by atoms with Crippen LogP contribution in [0.4, 0.5) is 13.2 Å². The van der Waals surface area contributed by atoms with Crippen molar-refractivity contribution in [3.05, 3.63) is 35.4 Å². The Morgan fingerprint density at radius 2 is 1.96 bits per heavy atom. The van der Waals surface area contributed by atoms with Crippen LogP contribution < -0.4 is 10.6 Å². The van der Waals surface area contributed by atoms with Gasteiger partial charge in [0.2, 0.25) is 5.91 Å². The van der Waals surface area contributed by atoms with E-state index in [1.54, 1.807) is 0 Å². The van der Waals surface area contributed by atoms with Crippen molar-refractivity contribution in [2.24, 2.45) is 0 Å². The van der Waals surface area contributed by atoms with Crippen LogP contribution in [0, 0.1) is 0 Å². The maximum Gasteiger partial charge on any atom is 0.416 e. The second kappa shape index (κ2) is 9.86. The number of benzene rings is 1. The molecule has 4 nitrogen and oxygen atoms in total. The molecule has 0 unspecified atom stereocenters. The van der Waals surface area contributed by atoms with Gasteiger partial charge in [0.05, 0.1) is 12.0 Å². The second-order valence-corrected chi connectivity index (χ2v) is 5.67. The first-order chi connectivity index (χ1) is 10.9. The Balaban J connectivity index is 0.00000288. The van der Waals surface area contributed by atoms with Gasteiger partial charge in [-0.25, -0.2) is 0 Å². The van der Waals surface area contributed by atoms with E-state index >= 15 is 0 Å². The zero-order chi connectivity index (χ0) is 16.7. The van der Waals surface area contributed by atoms with Gasteiger partial charge in [-0.2, -0.15) is 13.2 Å². The molecule has 1 aliphatic rings. The van der Waals surface area contributed by atoms with Gasteiger partial charge < -0.3 is 15.5 Å². The highest BCUT2D eigenvalue weighted by Crippen LogP contribution is 2.29. The number of piperazine rings is 1. The summed E-state index contributed by atoms with van der Waals surface area (Å²) in [7, 11) is 0. The van der Waals surface area contributed by atoms with E-state index in [1.165, 1.54) is 12.1 Å². The highest BCUT2D eigenvalue weighted by atomic mass is 35.5. The number of nitrogens with one attached hydrogen (secondary N) is 2. The van der Waals surface area contributed by atoms with Gasteiger partial charge in [-0.05, 0) is 24.6 Å². The van der Waals surface area contributed by atoms with Crippen LogP contribution in [0.2, 0.25) is 0 Å². The molecule has 8 heteroatoms. The van der Waals surface area contributed by atoms with E-state index in [0.717, 1.165) is 51.3 Å². The molecule has 1 amide bonds. The van der Waals surface area contributed by atoms with Crippen LogP contribution in [-0.2, 0) is 17.4 Å². The molecule has 1 aliphatic heterocycles. The van der Waals surface area contributed by atoms with E-state index in [1.807, 2.05) is 0 Å². The summed E-state index contributed by atoms with van der Waals surface area (Å²) in [4.78, 5) is 14.1. The second-order valence-electron chi connectivity index (χ2n) is 5.67. The number of alkyl halides is 3. The van der Waals surface area contributed by atoms with E-state index in [2.05, 4.69) is 15.5 Å². The van der Waals surface area contributed by atoms with Gasteiger partial charge in [-0.15, -0.1) is 12.4 Å². The lowest BCUT2D eigenvalue weighted by Gasteiger charge is -2.27. The fourth-order valence-electron chi connectivity index (χ4n) is 2.57. The minimum Gasteiger partial charge on any atom is -0.356 e. The molecule has 1 fully saturated rings. The number of nitrogens with zero attached hydrogens (tertiary/aromatic N) is 1. The molecule has 1 aromatic carbocycles. The maximum atomic E-state index is 12.6. The molecule has 0 spiro atoms. The summed E-state index contributed by atoms with van der Waals surface area (Å²) in [6, 6.07) is 4.90. The number of carbonyl (C=O) groups is 1. The van der Waals surface area contributed by atoms with Crippen molar-refractivity contribution in [1.82, 2.24) is 15.5 Å². The number of amides is 1. The highest BCUT2D eigenvalue weighted by Gasteiger charge is 2.30. The summed E-state index contributed by atoms with van der Waals surface area (Å²) >= 11 is 0. The molecule has 0 saturated carbocycles. The lowest BCUT2D eigenvalue weighted by Crippen LogP contribution is -2.44. The summed E-state index contributed by atoms with van der Waals surface area (Å²) in [5, 5.41) is 6.04. The first-order valence-corrected chi connectivity index (χ1v) is 7.81. The molecule has 0 radical (unpaired) electrons. The van der Waals surface area contributed by atoms with Gasteiger partial charge in [0.1, 0.15) is 0 Å². The molecule has 0 aliphatic carbocycles. The summed E-state index contributed by atoms with van der Waals surface area (Å²) in [5.74, 6) is -0.246. The Labute approximate surface area is 146 Å². The van der Waals surface area contributed by atoms with Crippen LogP contribution in [0.3, 0.4) is 0 Å². The van der Waals surface area contributed by atoms with Crippen LogP contribution in [0.15, 0.2) is 24.3 Å². The predicted octanol–water partition coefficient (Wildman–Crippen LogP) is 2.08. The van der Waals surface area contributed by atoms with Crippen LogP contribution in [-0.4, -0.2) is 50.1 Å². The predicted molar refractivity (Wildman–Crippen MR) is 89.3 cm³/mol. The average Bonchev–Trinajstić information content (AvgIpc) is 2.52. The first kappa shape index (κ1) is 20.7. The number of rotatable bonds is 6. The normalized spacial score (nSPS) is 15.6. The van der Waals surface area contributed by atoms with E-state index in [4.69, 9.17) is 0 Å². The molecular weight excluding hydrogens is 343 g/mol. The van der Waals surface area contributed by atoms with Gasteiger partial charge in [0, 0.05) is 32.7 Å². The molecule has 2 N–H and O–H groups in total. The minimum absolute atomic E-state index is 0. The molecule has 1 saturated heterocycles. The Morgan fingerprint density at radius 1 is 1.25 bits per heavy atom. The third kappa shape index (κ3) is 7.07. The highest BCUT2D eigenvalue weighted by molar-refractivity contribution is 5.85. The third-order valence-electron chi connectivity index (χ3n) is 3.80. The van der Waals surface area contributed by atoms with E-state index in [0.29, 0.717) is 12.1 Å². The number of carbonyl (C=O) groups excluding carboxylic acids is 1. The summed E-state index contributed by atoms with van der Waals surface area (Å²) < 4.78 is 37.9. The number of hydrogen-bond donors (Lipinski definition) is 2. The van der Waals surface area contributed by atoms with Crippen molar-refractivity contribution in [2.75, 3.05) is 39.3 Å². The summed E-state index contributed by atoms with van der Waals surface area (Å²) in [5.41, 5.74) is -0.346. The van der Waals surface area contributed by atoms with Crippen molar-refractivity contribution < 1.29 is 18.0 Å². The lowest BCUT2D eigenvalue weighted by atomic mass is 10.1. The van der Waals surface area contributed by atoms with Gasteiger partial charge in [-0.3, -0.25) is 4.79 Å². The summed E-state index contributed by atoms with van der Waals surface area (Å²) in [6.45, 7) is 5.47. The zero-order valence-corrected chi connectivity index (χ0v) is 14.2. The van der Waals surface area contributed by atoms with Crippen molar-refractivity contribution in [2.45, 2.75) is 19.0 Å². The van der Waals surface area contributed by atoms with Crippen LogP contribution in [0.1, 0.15) is 17.5 Å². The maximum absolute atomic E-state index is 12.6. The molecule has 1 heterocycles. The van der Waals surface area contributed by atoms with E-state index < -0.39 is 11.7 Å². The van der Waals surface area contributed by atoms with Gasteiger partial charge in [0.25, 0.3) is 0 Å². The Bertz CT molecular complexity index is 520. The zero-order valence-electron chi connectivity index (χ0n) is 13.4. The van der Waals surface area contributed by atoms with Gasteiger partial charge in [0.15, 0.2) is 0 Å². The van der Waals surface area contributed by atoms with E-state index in [-0.39, 0.29) is 24.7 Å². The minimum atomic E-state index is -4.38. The Kier molecular flexibility index (Phi) is 8.52. The topological polar surface area (TPSA) is 44.4 Å². The smallest absolute Gasteiger partial charge is 0.356 e. The monoisotopic (exact) mass is 365 g/mol. The number of hydrogen-bond acceptors (Lipinski definition) is 3. The van der Waals surface area contributed by atoms with Crippen molar-refractivity contribution >= 4 is 18.3 Å². The number of halogens is 4. The quantitative estimate of drug-likeness (QED) is 0.759. The van der Waals surface area contributed by atoms with Crippen LogP contribution in [0.25, 0.3) is 0 Å². The van der Waals surface area contributed by atoms with Crippen molar-refractivity contribution in [3.8, 4) is 0 Å². The summed E-state index contributed by atoms with van der Waals surface area (Å²) in [6.07, 6.45) is -3.57. The molecule has 0 atom stereocenters. The fraction of sp³-hybridized carbons (Fsp3) is 0.562. The molecule has 0 aromatic heterocycles. The van der Waals surface area contributed by atoms with E-state index in [9.17, 15) is 18.0 Å². The molecular formula is C16H23ClF3N3O. The fourth-order valence-corrected chi connectivity index (χ4v) is 2.57. The van der Waals surface area contributed by atoms with Crippen molar-refractivity contribution in [3.63, 3.8) is 0 Å². The standard InChI is InChI=1S/C16H22F3N3O.ClH/c17-16(18,19)14-4-1-3-13(11-14)12-15(23)21-5-2-8-22-9-6-20-7-10-22;/h1,3-4,11,20H,2,5-10,12H2,(H,21,23);1H. The first-order valence-electron chi connectivity index (χ1n) is 7.81. The largest absolute Gasteiger partial charge is 0.416 e. The molecule has 0 bridgehead atoms. The lowest BCUT2D eigenvalue weighted by molar-refractivity contribution is -0.137. The Hall–Kier alpha value is -1.31. The molecule has 136 valence electrons. The van der Waals surface area contributed by atoms with Gasteiger partial charge >= 0.3 is 6.18 Å².